The highest BCUT2D eigenvalue weighted by Gasteiger charge is 2.19. The quantitative estimate of drug-likeness (QED) is 0.441. The number of carbonyl (C=O) groups excluding carboxylic acids is 2. The first-order chi connectivity index (χ1) is 14.9. The number of amides is 2. The number of rotatable bonds is 13. The number of unbranched alkanes of at least 4 members (excludes halogenated alkanes) is 2. The minimum Gasteiger partial charge on any atom is -0.382 e. The molecule has 0 saturated heterocycles. The minimum absolute atomic E-state index is 0.0130. The molecule has 7 heteroatoms. The van der Waals surface area contributed by atoms with E-state index in [-0.39, 0.29) is 18.4 Å². The van der Waals surface area contributed by atoms with E-state index in [4.69, 9.17) is 4.74 Å². The van der Waals surface area contributed by atoms with Crippen molar-refractivity contribution in [3.8, 4) is 0 Å². The number of thiazole rings is 1. The number of hydrogen-bond acceptors (Lipinski definition) is 5. The SMILES string of the molecule is CCCCCc1ccc(C(=O)N(CCCOCC)CC(=O)Nc2nc(C)c(C)s2)cc1. The second kappa shape index (κ2) is 13.2. The summed E-state index contributed by atoms with van der Waals surface area (Å²) in [5.74, 6) is -0.382. The van der Waals surface area contributed by atoms with E-state index in [1.807, 2.05) is 45.0 Å². The number of ether oxygens (including phenoxy) is 1. The van der Waals surface area contributed by atoms with Crippen LogP contribution in [-0.2, 0) is 16.0 Å². The maximum atomic E-state index is 13.1. The Morgan fingerprint density at radius 2 is 1.84 bits per heavy atom. The zero-order valence-corrected chi connectivity index (χ0v) is 20.0. The maximum absolute atomic E-state index is 13.1. The molecule has 1 aromatic heterocycles. The Hall–Kier alpha value is -2.25. The highest BCUT2D eigenvalue weighted by atomic mass is 32.1. The molecule has 0 aliphatic heterocycles. The molecule has 0 fully saturated rings. The number of hydrogen-bond donors (Lipinski definition) is 1. The molecule has 0 radical (unpaired) electrons. The Morgan fingerprint density at radius 1 is 1.10 bits per heavy atom. The van der Waals surface area contributed by atoms with Crippen molar-refractivity contribution >= 4 is 28.3 Å². The zero-order chi connectivity index (χ0) is 22.6. The summed E-state index contributed by atoms with van der Waals surface area (Å²) in [5.41, 5.74) is 2.74. The largest absolute Gasteiger partial charge is 0.382 e. The number of nitrogens with one attached hydrogen (secondary N) is 1. The molecule has 31 heavy (non-hydrogen) atoms. The normalized spacial score (nSPS) is 10.8. The van der Waals surface area contributed by atoms with Crippen LogP contribution < -0.4 is 5.32 Å². The van der Waals surface area contributed by atoms with Crippen LogP contribution in [0.25, 0.3) is 0 Å². The van der Waals surface area contributed by atoms with Gasteiger partial charge in [0, 0.05) is 30.2 Å². The van der Waals surface area contributed by atoms with Crippen LogP contribution in [0.1, 0.15) is 66.0 Å². The van der Waals surface area contributed by atoms with Crippen LogP contribution in [0, 0.1) is 13.8 Å². The van der Waals surface area contributed by atoms with E-state index in [1.165, 1.54) is 29.7 Å². The van der Waals surface area contributed by atoms with E-state index < -0.39 is 0 Å². The molecule has 0 aliphatic rings. The van der Waals surface area contributed by atoms with E-state index in [1.54, 1.807) is 4.90 Å². The molecule has 1 N–H and O–H groups in total. The highest BCUT2D eigenvalue weighted by Crippen LogP contribution is 2.21. The Bertz CT molecular complexity index is 814. The molecule has 1 heterocycles. The van der Waals surface area contributed by atoms with E-state index in [0.717, 1.165) is 23.4 Å². The van der Waals surface area contributed by atoms with Crippen molar-refractivity contribution in [2.45, 2.75) is 59.8 Å². The molecule has 0 spiro atoms. The van der Waals surface area contributed by atoms with Crippen molar-refractivity contribution in [1.29, 1.82) is 0 Å². The Balaban J connectivity index is 2.02. The fourth-order valence-electron chi connectivity index (χ4n) is 3.19. The number of aromatic nitrogens is 1. The van der Waals surface area contributed by atoms with Gasteiger partial charge in [-0.05, 0) is 57.7 Å². The van der Waals surface area contributed by atoms with Crippen molar-refractivity contribution in [3.05, 3.63) is 46.0 Å². The lowest BCUT2D eigenvalue weighted by Crippen LogP contribution is -2.39. The first-order valence-electron chi connectivity index (χ1n) is 11.1. The van der Waals surface area contributed by atoms with Gasteiger partial charge in [-0.2, -0.15) is 0 Å². The second-order valence-corrected chi connectivity index (χ2v) is 8.84. The molecule has 0 atom stereocenters. The smallest absolute Gasteiger partial charge is 0.254 e. The summed E-state index contributed by atoms with van der Waals surface area (Å²) in [6.07, 6.45) is 5.26. The summed E-state index contributed by atoms with van der Waals surface area (Å²) in [4.78, 5) is 32.7. The lowest BCUT2D eigenvalue weighted by Gasteiger charge is -2.22. The lowest BCUT2D eigenvalue weighted by molar-refractivity contribution is -0.116. The number of aryl methyl sites for hydroxylation is 3. The van der Waals surface area contributed by atoms with Crippen LogP contribution >= 0.6 is 11.3 Å². The molecule has 2 amide bonds. The molecule has 0 unspecified atom stereocenters. The maximum Gasteiger partial charge on any atom is 0.254 e. The van der Waals surface area contributed by atoms with Crippen molar-refractivity contribution in [2.75, 3.05) is 31.6 Å². The van der Waals surface area contributed by atoms with Gasteiger partial charge in [-0.15, -0.1) is 11.3 Å². The zero-order valence-electron chi connectivity index (χ0n) is 19.2. The first-order valence-corrected chi connectivity index (χ1v) is 12.0. The van der Waals surface area contributed by atoms with Gasteiger partial charge in [-0.3, -0.25) is 9.59 Å². The average molecular weight is 446 g/mol. The molecule has 170 valence electrons. The predicted molar refractivity (Wildman–Crippen MR) is 127 cm³/mol. The molecule has 1 aromatic carbocycles. The molecule has 0 saturated carbocycles. The van der Waals surface area contributed by atoms with E-state index in [0.29, 0.717) is 36.9 Å². The molecular weight excluding hydrogens is 410 g/mol. The van der Waals surface area contributed by atoms with Gasteiger partial charge >= 0.3 is 0 Å². The lowest BCUT2D eigenvalue weighted by atomic mass is 10.0. The molecule has 0 bridgehead atoms. The molecule has 0 aliphatic carbocycles. The van der Waals surface area contributed by atoms with Gasteiger partial charge in [-0.1, -0.05) is 31.9 Å². The summed E-state index contributed by atoms with van der Waals surface area (Å²) in [6.45, 7) is 9.65. The van der Waals surface area contributed by atoms with Gasteiger partial charge in [0.25, 0.3) is 5.91 Å². The van der Waals surface area contributed by atoms with Crippen LogP contribution in [0.4, 0.5) is 5.13 Å². The van der Waals surface area contributed by atoms with Crippen LogP contribution in [0.2, 0.25) is 0 Å². The van der Waals surface area contributed by atoms with Gasteiger partial charge in [0.1, 0.15) is 6.54 Å². The monoisotopic (exact) mass is 445 g/mol. The Morgan fingerprint density at radius 3 is 2.45 bits per heavy atom. The average Bonchev–Trinajstić information content (AvgIpc) is 3.07. The van der Waals surface area contributed by atoms with Crippen LogP contribution in [-0.4, -0.2) is 48.0 Å². The van der Waals surface area contributed by atoms with E-state index in [9.17, 15) is 9.59 Å². The summed E-state index contributed by atoms with van der Waals surface area (Å²) >= 11 is 1.44. The number of anilines is 1. The predicted octanol–water partition coefficient (Wildman–Crippen LogP) is 5.00. The van der Waals surface area contributed by atoms with Gasteiger partial charge in [0.15, 0.2) is 5.13 Å². The Labute approximate surface area is 190 Å². The molecule has 6 nitrogen and oxygen atoms in total. The van der Waals surface area contributed by atoms with Gasteiger partial charge in [0.05, 0.1) is 5.69 Å². The topological polar surface area (TPSA) is 71.5 Å². The number of benzene rings is 1. The van der Waals surface area contributed by atoms with Crippen molar-refractivity contribution in [3.63, 3.8) is 0 Å². The minimum atomic E-state index is -0.241. The third-order valence-corrected chi connectivity index (χ3v) is 6.08. The fourth-order valence-corrected chi connectivity index (χ4v) is 4.02. The first kappa shape index (κ1) is 25.0. The number of carbonyl (C=O) groups is 2. The summed E-state index contributed by atoms with van der Waals surface area (Å²) in [5, 5.41) is 3.39. The molecule has 2 aromatic rings. The van der Waals surface area contributed by atoms with Crippen LogP contribution in [0.15, 0.2) is 24.3 Å². The summed E-state index contributed by atoms with van der Waals surface area (Å²) < 4.78 is 5.40. The molecular formula is C24H35N3O3S. The van der Waals surface area contributed by atoms with Gasteiger partial charge < -0.3 is 15.0 Å². The van der Waals surface area contributed by atoms with Gasteiger partial charge in [0.2, 0.25) is 5.91 Å². The summed E-state index contributed by atoms with van der Waals surface area (Å²) in [6, 6.07) is 7.76. The highest BCUT2D eigenvalue weighted by molar-refractivity contribution is 7.15. The van der Waals surface area contributed by atoms with Crippen LogP contribution in [0.3, 0.4) is 0 Å². The number of nitrogens with zero attached hydrogens (tertiary/aromatic N) is 2. The fraction of sp³-hybridized carbons (Fsp3) is 0.542. The van der Waals surface area contributed by atoms with Crippen molar-refractivity contribution in [2.24, 2.45) is 0 Å². The third kappa shape index (κ3) is 8.42. The van der Waals surface area contributed by atoms with Gasteiger partial charge in [-0.25, -0.2) is 4.98 Å². The van der Waals surface area contributed by atoms with E-state index >= 15 is 0 Å². The Kier molecular flexibility index (Phi) is 10.7. The molecule has 2 rings (SSSR count). The van der Waals surface area contributed by atoms with Crippen LogP contribution in [0.5, 0.6) is 0 Å². The van der Waals surface area contributed by atoms with E-state index in [2.05, 4.69) is 17.2 Å². The van der Waals surface area contributed by atoms with Crippen molar-refractivity contribution in [1.82, 2.24) is 9.88 Å². The summed E-state index contributed by atoms with van der Waals surface area (Å²) in [7, 11) is 0. The third-order valence-electron chi connectivity index (χ3n) is 5.09. The van der Waals surface area contributed by atoms with Crippen molar-refractivity contribution < 1.29 is 14.3 Å². The standard InChI is InChI=1S/C24H35N3O3S/c1-5-7-8-10-20-11-13-21(14-12-20)23(29)27(15-9-16-30-6-2)17-22(28)26-24-25-18(3)19(4)31-24/h11-14H,5-10,15-17H2,1-4H3,(H,25,26,28). The second-order valence-electron chi connectivity index (χ2n) is 7.64.